The molecule has 0 unspecified atom stereocenters. The molecule has 7 heteroatoms. The van der Waals surface area contributed by atoms with Crippen molar-refractivity contribution >= 4 is 28.4 Å². The second-order valence-electron chi connectivity index (χ2n) is 6.32. The fourth-order valence-electron chi connectivity index (χ4n) is 3.31. The summed E-state index contributed by atoms with van der Waals surface area (Å²) in [7, 11) is 1.60. The summed E-state index contributed by atoms with van der Waals surface area (Å²) in [6.07, 6.45) is 1.73. The Kier molecular flexibility index (Phi) is 4.68. The van der Waals surface area contributed by atoms with Crippen molar-refractivity contribution in [3.05, 3.63) is 47.9 Å². The maximum absolute atomic E-state index is 13.1. The summed E-state index contributed by atoms with van der Waals surface area (Å²) >= 11 is 0. The number of aryl methyl sites for hydroxylation is 1. The number of benzene rings is 1. The SMILES string of the molecule is COc1ccc2oc(C)c(C(=O)Nc3cccnc3N3CCOCC3)c2c1. The zero-order valence-corrected chi connectivity index (χ0v) is 15.3. The Hall–Kier alpha value is -3.06. The second-order valence-corrected chi connectivity index (χ2v) is 6.32. The number of hydrogen-bond acceptors (Lipinski definition) is 6. The van der Waals surface area contributed by atoms with Gasteiger partial charge in [-0.1, -0.05) is 0 Å². The highest BCUT2D eigenvalue weighted by Gasteiger charge is 2.22. The summed E-state index contributed by atoms with van der Waals surface area (Å²) < 4.78 is 16.4. The number of nitrogens with one attached hydrogen (secondary N) is 1. The number of amides is 1. The fourth-order valence-corrected chi connectivity index (χ4v) is 3.31. The highest BCUT2D eigenvalue weighted by Crippen LogP contribution is 2.31. The van der Waals surface area contributed by atoms with Gasteiger partial charge in [0, 0.05) is 24.7 Å². The third kappa shape index (κ3) is 3.33. The Morgan fingerprint density at radius 1 is 1.26 bits per heavy atom. The molecule has 1 aliphatic heterocycles. The molecule has 3 aromatic rings. The number of anilines is 2. The van der Waals surface area contributed by atoms with Gasteiger partial charge in [0.15, 0.2) is 5.82 Å². The first-order valence-electron chi connectivity index (χ1n) is 8.83. The van der Waals surface area contributed by atoms with Crippen molar-refractivity contribution in [3.63, 3.8) is 0 Å². The van der Waals surface area contributed by atoms with Gasteiger partial charge in [0.2, 0.25) is 0 Å². The predicted molar refractivity (Wildman–Crippen MR) is 103 cm³/mol. The molecule has 3 heterocycles. The molecule has 0 saturated carbocycles. The zero-order chi connectivity index (χ0) is 18.8. The van der Waals surface area contributed by atoms with Crippen molar-refractivity contribution in [2.75, 3.05) is 43.6 Å². The first kappa shape index (κ1) is 17.4. The summed E-state index contributed by atoms with van der Waals surface area (Å²) in [6, 6.07) is 9.09. The highest BCUT2D eigenvalue weighted by atomic mass is 16.5. The lowest BCUT2D eigenvalue weighted by atomic mass is 10.1. The molecule has 0 bridgehead atoms. The normalized spacial score (nSPS) is 14.4. The number of rotatable bonds is 4. The monoisotopic (exact) mass is 367 g/mol. The summed E-state index contributed by atoms with van der Waals surface area (Å²) in [5.74, 6) is 1.75. The van der Waals surface area contributed by atoms with Crippen molar-refractivity contribution in [2.24, 2.45) is 0 Å². The van der Waals surface area contributed by atoms with Gasteiger partial charge in [-0.2, -0.15) is 0 Å². The van der Waals surface area contributed by atoms with Gasteiger partial charge in [-0.15, -0.1) is 0 Å². The van der Waals surface area contributed by atoms with Crippen molar-refractivity contribution in [2.45, 2.75) is 6.92 Å². The number of methoxy groups -OCH3 is 1. The van der Waals surface area contributed by atoms with Crippen LogP contribution in [-0.4, -0.2) is 44.3 Å². The maximum Gasteiger partial charge on any atom is 0.259 e. The van der Waals surface area contributed by atoms with Crippen LogP contribution in [0.25, 0.3) is 11.0 Å². The van der Waals surface area contributed by atoms with E-state index in [4.69, 9.17) is 13.9 Å². The van der Waals surface area contributed by atoms with Gasteiger partial charge >= 0.3 is 0 Å². The van der Waals surface area contributed by atoms with E-state index >= 15 is 0 Å². The van der Waals surface area contributed by atoms with Crippen LogP contribution in [0.3, 0.4) is 0 Å². The highest BCUT2D eigenvalue weighted by molar-refractivity contribution is 6.14. The van der Waals surface area contributed by atoms with Crippen LogP contribution in [0.5, 0.6) is 5.75 Å². The number of pyridine rings is 1. The van der Waals surface area contributed by atoms with E-state index in [1.165, 1.54) is 0 Å². The van der Waals surface area contributed by atoms with Crippen molar-refractivity contribution in [3.8, 4) is 5.75 Å². The van der Waals surface area contributed by atoms with Gasteiger partial charge < -0.3 is 24.1 Å². The third-order valence-corrected chi connectivity index (χ3v) is 4.64. The van der Waals surface area contributed by atoms with Crippen LogP contribution >= 0.6 is 0 Å². The predicted octanol–water partition coefficient (Wildman–Crippen LogP) is 3.23. The fraction of sp³-hybridized carbons (Fsp3) is 0.300. The van der Waals surface area contributed by atoms with E-state index in [0.29, 0.717) is 41.6 Å². The number of nitrogens with zero attached hydrogens (tertiary/aromatic N) is 2. The molecular weight excluding hydrogens is 346 g/mol. The Morgan fingerprint density at radius 3 is 2.85 bits per heavy atom. The van der Waals surface area contributed by atoms with E-state index < -0.39 is 0 Å². The molecule has 1 amide bonds. The Morgan fingerprint density at radius 2 is 2.07 bits per heavy atom. The van der Waals surface area contributed by atoms with Crippen LogP contribution in [0, 0.1) is 6.92 Å². The standard InChI is InChI=1S/C20H21N3O4/c1-13-18(15-12-14(25-2)5-6-17(15)27-13)20(24)22-16-4-3-7-21-19(16)23-8-10-26-11-9-23/h3-7,12H,8-11H2,1-2H3,(H,22,24). The molecule has 0 atom stereocenters. The molecule has 4 rings (SSSR count). The van der Waals surface area contributed by atoms with Gasteiger partial charge in [-0.3, -0.25) is 4.79 Å². The van der Waals surface area contributed by atoms with E-state index in [2.05, 4.69) is 15.2 Å². The van der Waals surface area contributed by atoms with Crippen LogP contribution in [0.2, 0.25) is 0 Å². The van der Waals surface area contributed by atoms with E-state index in [1.807, 2.05) is 24.3 Å². The van der Waals surface area contributed by atoms with E-state index in [9.17, 15) is 4.79 Å². The van der Waals surface area contributed by atoms with Gasteiger partial charge in [0.05, 0.1) is 31.6 Å². The largest absolute Gasteiger partial charge is 0.497 e. The number of carbonyl (C=O) groups excluding carboxylic acids is 1. The molecule has 1 aliphatic rings. The van der Waals surface area contributed by atoms with E-state index in [1.54, 1.807) is 26.3 Å². The van der Waals surface area contributed by atoms with Gasteiger partial charge in [-0.05, 0) is 37.3 Å². The van der Waals surface area contributed by atoms with Crippen LogP contribution < -0.4 is 15.0 Å². The summed E-state index contributed by atoms with van der Waals surface area (Å²) in [5.41, 5.74) is 1.82. The number of ether oxygens (including phenoxy) is 2. The summed E-state index contributed by atoms with van der Waals surface area (Å²) in [5, 5.41) is 3.72. The zero-order valence-electron chi connectivity index (χ0n) is 15.3. The van der Waals surface area contributed by atoms with Crippen LogP contribution in [0.15, 0.2) is 40.9 Å². The van der Waals surface area contributed by atoms with Crippen LogP contribution in [0.1, 0.15) is 16.1 Å². The topological polar surface area (TPSA) is 76.8 Å². The first-order valence-corrected chi connectivity index (χ1v) is 8.83. The molecular formula is C20H21N3O4. The number of fused-ring (bicyclic) bond motifs is 1. The molecule has 1 saturated heterocycles. The quantitative estimate of drug-likeness (QED) is 0.763. The minimum Gasteiger partial charge on any atom is -0.497 e. The molecule has 140 valence electrons. The third-order valence-electron chi connectivity index (χ3n) is 4.64. The molecule has 7 nitrogen and oxygen atoms in total. The molecule has 1 aromatic carbocycles. The second kappa shape index (κ2) is 7.28. The number of carbonyl (C=O) groups is 1. The average molecular weight is 367 g/mol. The average Bonchev–Trinajstić information content (AvgIpc) is 3.04. The number of aromatic nitrogens is 1. The van der Waals surface area contributed by atoms with Gasteiger partial charge in [-0.25, -0.2) is 4.98 Å². The van der Waals surface area contributed by atoms with Crippen LogP contribution in [0.4, 0.5) is 11.5 Å². The lowest BCUT2D eigenvalue weighted by molar-refractivity contribution is 0.102. The number of furan rings is 1. The Bertz CT molecular complexity index is 977. The Balaban J connectivity index is 1.67. The first-order chi connectivity index (χ1) is 13.2. The van der Waals surface area contributed by atoms with E-state index in [0.717, 1.165) is 24.3 Å². The van der Waals surface area contributed by atoms with Crippen molar-refractivity contribution in [1.29, 1.82) is 0 Å². The lowest BCUT2D eigenvalue weighted by Gasteiger charge is -2.29. The molecule has 27 heavy (non-hydrogen) atoms. The summed E-state index contributed by atoms with van der Waals surface area (Å²) in [4.78, 5) is 19.6. The van der Waals surface area contributed by atoms with Gasteiger partial charge in [0.25, 0.3) is 5.91 Å². The van der Waals surface area contributed by atoms with Gasteiger partial charge in [0.1, 0.15) is 17.1 Å². The Labute approximate surface area is 156 Å². The molecule has 2 aromatic heterocycles. The molecule has 0 spiro atoms. The molecule has 0 aliphatic carbocycles. The minimum atomic E-state index is -0.234. The number of morpholine rings is 1. The molecule has 1 N–H and O–H groups in total. The molecule has 1 fully saturated rings. The van der Waals surface area contributed by atoms with Crippen molar-refractivity contribution < 1.29 is 18.7 Å². The van der Waals surface area contributed by atoms with Crippen LogP contribution in [-0.2, 0) is 4.74 Å². The summed E-state index contributed by atoms with van der Waals surface area (Å²) in [6.45, 7) is 4.56. The van der Waals surface area contributed by atoms with Crippen molar-refractivity contribution in [1.82, 2.24) is 4.98 Å². The molecule has 0 radical (unpaired) electrons. The lowest BCUT2D eigenvalue weighted by Crippen LogP contribution is -2.37. The number of hydrogen-bond donors (Lipinski definition) is 1. The smallest absolute Gasteiger partial charge is 0.259 e. The van der Waals surface area contributed by atoms with E-state index in [-0.39, 0.29) is 5.91 Å². The minimum absolute atomic E-state index is 0.234. The maximum atomic E-state index is 13.1.